The van der Waals surface area contributed by atoms with Crippen molar-refractivity contribution in [2.75, 3.05) is 40.4 Å². The number of carbonyl (C=O) groups is 1. The van der Waals surface area contributed by atoms with Gasteiger partial charge in [-0.3, -0.25) is 4.79 Å². The van der Waals surface area contributed by atoms with Crippen molar-refractivity contribution in [2.24, 2.45) is 5.92 Å². The molecule has 0 saturated heterocycles. The molecule has 1 amide bonds. The minimum Gasteiger partial charge on any atom is -0.393 e. The van der Waals surface area contributed by atoms with Crippen molar-refractivity contribution in [1.29, 1.82) is 0 Å². The third-order valence-electron chi connectivity index (χ3n) is 2.93. The third kappa shape index (κ3) is 4.47. The predicted molar refractivity (Wildman–Crippen MR) is 61.1 cm³/mol. The second kappa shape index (κ2) is 6.83. The maximum absolute atomic E-state index is 11.6. The van der Waals surface area contributed by atoms with Crippen LogP contribution in [0, 0.1) is 5.92 Å². The van der Waals surface area contributed by atoms with Gasteiger partial charge in [-0.05, 0) is 18.8 Å². The van der Waals surface area contributed by atoms with Gasteiger partial charge in [-0.25, -0.2) is 0 Å². The Morgan fingerprint density at radius 2 is 2.25 bits per heavy atom. The van der Waals surface area contributed by atoms with E-state index in [0.717, 1.165) is 19.4 Å². The molecule has 5 heteroatoms. The van der Waals surface area contributed by atoms with Crippen LogP contribution in [0.2, 0.25) is 0 Å². The van der Waals surface area contributed by atoms with Crippen LogP contribution in [0.1, 0.15) is 12.8 Å². The number of aliphatic hydroxyl groups excluding tert-OH is 1. The summed E-state index contributed by atoms with van der Waals surface area (Å²) in [7, 11) is 3.45. The van der Waals surface area contributed by atoms with Crippen LogP contribution in [0.25, 0.3) is 0 Å². The number of hydrogen-bond acceptors (Lipinski definition) is 4. The lowest BCUT2D eigenvalue weighted by Crippen LogP contribution is -2.42. The second-order valence-electron chi connectivity index (χ2n) is 4.44. The number of nitrogens with one attached hydrogen (secondary N) is 1. The first-order valence-electron chi connectivity index (χ1n) is 5.75. The minimum atomic E-state index is -0.145. The number of methoxy groups -OCH3 is 1. The van der Waals surface area contributed by atoms with Crippen LogP contribution in [-0.4, -0.2) is 62.4 Å². The first-order chi connectivity index (χ1) is 7.63. The number of carbonyl (C=O) groups excluding carboxylic acids is 1. The summed E-state index contributed by atoms with van der Waals surface area (Å²) < 4.78 is 4.87. The van der Waals surface area contributed by atoms with E-state index in [-0.39, 0.29) is 12.0 Å². The van der Waals surface area contributed by atoms with E-state index in [1.165, 1.54) is 0 Å². The van der Waals surface area contributed by atoms with Gasteiger partial charge in [0.1, 0.15) is 0 Å². The van der Waals surface area contributed by atoms with E-state index in [2.05, 4.69) is 5.32 Å². The Labute approximate surface area is 96.8 Å². The maximum Gasteiger partial charge on any atom is 0.236 e. The van der Waals surface area contributed by atoms with Crippen LogP contribution < -0.4 is 5.32 Å². The summed E-state index contributed by atoms with van der Waals surface area (Å²) in [6.07, 6.45) is 1.51. The highest BCUT2D eigenvalue weighted by Crippen LogP contribution is 2.27. The smallest absolute Gasteiger partial charge is 0.236 e. The largest absolute Gasteiger partial charge is 0.393 e. The molecule has 0 aliphatic heterocycles. The molecule has 0 aromatic rings. The lowest BCUT2D eigenvalue weighted by Gasteiger charge is -2.34. The zero-order valence-corrected chi connectivity index (χ0v) is 10.1. The van der Waals surface area contributed by atoms with Crippen LogP contribution in [0.4, 0.5) is 0 Å². The zero-order chi connectivity index (χ0) is 12.0. The Hall–Kier alpha value is -0.650. The first-order valence-corrected chi connectivity index (χ1v) is 5.75. The highest BCUT2D eigenvalue weighted by atomic mass is 16.5. The van der Waals surface area contributed by atoms with Crippen LogP contribution >= 0.6 is 0 Å². The van der Waals surface area contributed by atoms with Crippen molar-refractivity contribution in [3.63, 3.8) is 0 Å². The van der Waals surface area contributed by atoms with E-state index in [0.29, 0.717) is 25.6 Å². The number of hydrogen-bond donors (Lipinski definition) is 2. The number of likely N-dealkylation sites (N-methyl/N-ethyl adjacent to an activating group) is 1. The molecule has 0 radical (unpaired) electrons. The van der Waals surface area contributed by atoms with Crippen LogP contribution in [0.3, 0.4) is 0 Å². The summed E-state index contributed by atoms with van der Waals surface area (Å²) in [5.41, 5.74) is 0. The number of aliphatic hydroxyl groups is 1. The van der Waals surface area contributed by atoms with Gasteiger partial charge in [0.25, 0.3) is 0 Å². The average molecular weight is 230 g/mol. The molecule has 94 valence electrons. The number of ether oxygens (including phenoxy) is 1. The van der Waals surface area contributed by atoms with Gasteiger partial charge >= 0.3 is 0 Å². The molecule has 0 aromatic heterocycles. The van der Waals surface area contributed by atoms with Crippen molar-refractivity contribution >= 4 is 5.91 Å². The Morgan fingerprint density at radius 1 is 1.56 bits per heavy atom. The van der Waals surface area contributed by atoms with Gasteiger partial charge in [-0.1, -0.05) is 0 Å². The molecule has 2 N–H and O–H groups in total. The van der Waals surface area contributed by atoms with Crippen molar-refractivity contribution in [1.82, 2.24) is 10.2 Å². The Kier molecular flexibility index (Phi) is 5.73. The number of nitrogens with zero attached hydrogens (tertiary/aromatic N) is 1. The van der Waals surface area contributed by atoms with Crippen LogP contribution in [0.5, 0.6) is 0 Å². The van der Waals surface area contributed by atoms with Gasteiger partial charge in [0.15, 0.2) is 0 Å². The average Bonchev–Trinajstić information content (AvgIpc) is 2.21. The van der Waals surface area contributed by atoms with Gasteiger partial charge in [-0.15, -0.1) is 0 Å². The number of rotatable bonds is 7. The fourth-order valence-corrected chi connectivity index (χ4v) is 1.84. The molecule has 0 spiro atoms. The summed E-state index contributed by atoms with van der Waals surface area (Å²) >= 11 is 0. The molecule has 0 heterocycles. The van der Waals surface area contributed by atoms with Crippen LogP contribution in [-0.2, 0) is 9.53 Å². The van der Waals surface area contributed by atoms with Crippen molar-refractivity contribution < 1.29 is 14.6 Å². The van der Waals surface area contributed by atoms with E-state index < -0.39 is 0 Å². The Balaban J connectivity index is 2.06. The summed E-state index contributed by atoms with van der Waals surface area (Å²) in [6.45, 7) is 2.42. The molecule has 0 unspecified atom stereocenters. The maximum atomic E-state index is 11.6. The van der Waals surface area contributed by atoms with Crippen molar-refractivity contribution in [3.05, 3.63) is 0 Å². The molecule has 1 aliphatic rings. The molecule has 5 nitrogen and oxygen atoms in total. The van der Waals surface area contributed by atoms with Gasteiger partial charge in [0, 0.05) is 27.2 Å². The van der Waals surface area contributed by atoms with E-state index in [9.17, 15) is 4.79 Å². The molecule has 0 bridgehead atoms. The predicted octanol–water partition coefficient (Wildman–Crippen LogP) is -0.548. The van der Waals surface area contributed by atoms with Crippen molar-refractivity contribution in [3.8, 4) is 0 Å². The highest BCUT2D eigenvalue weighted by molar-refractivity contribution is 5.77. The lowest BCUT2D eigenvalue weighted by atomic mass is 9.82. The van der Waals surface area contributed by atoms with E-state index in [4.69, 9.17) is 9.84 Å². The minimum absolute atomic E-state index is 0.0949. The Bertz CT molecular complexity index is 217. The van der Waals surface area contributed by atoms with Gasteiger partial charge in [0.05, 0.1) is 19.3 Å². The molecule has 0 atom stereocenters. The molecule has 0 aromatic carbocycles. The summed E-state index contributed by atoms with van der Waals surface area (Å²) in [5, 5.41) is 12.2. The normalized spacial score (nSPS) is 23.9. The van der Waals surface area contributed by atoms with Crippen LogP contribution in [0.15, 0.2) is 0 Å². The fourth-order valence-electron chi connectivity index (χ4n) is 1.84. The molecule has 16 heavy (non-hydrogen) atoms. The SMILES string of the molecule is COCCNCC(=O)N(C)CC1CC(O)C1. The zero-order valence-electron chi connectivity index (χ0n) is 10.1. The highest BCUT2D eigenvalue weighted by Gasteiger charge is 2.28. The standard InChI is InChI=1S/C11H22N2O3/c1-13(8-9-5-10(14)6-9)11(15)7-12-3-4-16-2/h9-10,12,14H,3-8H2,1-2H3. The summed E-state index contributed by atoms with van der Waals surface area (Å²) in [5.74, 6) is 0.570. The molecule has 1 aliphatic carbocycles. The summed E-state index contributed by atoms with van der Waals surface area (Å²) in [6, 6.07) is 0. The molecule has 1 saturated carbocycles. The lowest BCUT2D eigenvalue weighted by molar-refractivity contribution is -0.130. The molecular weight excluding hydrogens is 208 g/mol. The van der Waals surface area contributed by atoms with E-state index in [1.54, 1.807) is 12.0 Å². The first kappa shape index (κ1) is 13.4. The molecule has 1 rings (SSSR count). The van der Waals surface area contributed by atoms with E-state index in [1.807, 2.05) is 7.05 Å². The quantitative estimate of drug-likeness (QED) is 0.576. The Morgan fingerprint density at radius 3 is 2.81 bits per heavy atom. The second-order valence-corrected chi connectivity index (χ2v) is 4.44. The molecule has 1 fully saturated rings. The third-order valence-corrected chi connectivity index (χ3v) is 2.93. The van der Waals surface area contributed by atoms with Gasteiger partial charge in [-0.2, -0.15) is 0 Å². The fraction of sp³-hybridized carbons (Fsp3) is 0.909. The topological polar surface area (TPSA) is 61.8 Å². The monoisotopic (exact) mass is 230 g/mol. The van der Waals surface area contributed by atoms with Gasteiger partial charge in [0.2, 0.25) is 5.91 Å². The molecular formula is C11H22N2O3. The van der Waals surface area contributed by atoms with Gasteiger partial charge < -0.3 is 20.1 Å². The summed E-state index contributed by atoms with van der Waals surface area (Å²) in [4.78, 5) is 13.4. The van der Waals surface area contributed by atoms with E-state index >= 15 is 0 Å². The van der Waals surface area contributed by atoms with Crippen molar-refractivity contribution in [2.45, 2.75) is 18.9 Å². The number of amides is 1.